The van der Waals surface area contributed by atoms with Crippen LogP contribution in [-0.4, -0.2) is 24.1 Å². The van der Waals surface area contributed by atoms with E-state index in [0.717, 1.165) is 45.5 Å². The van der Waals surface area contributed by atoms with E-state index in [4.69, 9.17) is 15.0 Å². The molecular formula is C58H41N5. The molecule has 2 aliphatic rings. The van der Waals surface area contributed by atoms with Crippen LogP contribution in [0.15, 0.2) is 194 Å². The van der Waals surface area contributed by atoms with Gasteiger partial charge >= 0.3 is 0 Å². The predicted molar refractivity (Wildman–Crippen MR) is 260 cm³/mol. The minimum absolute atomic E-state index is 0.0487. The molecular weight excluding hydrogens is 767 g/mol. The summed E-state index contributed by atoms with van der Waals surface area (Å²) >= 11 is 0. The minimum Gasteiger partial charge on any atom is -0.309 e. The molecule has 0 radical (unpaired) electrons. The van der Waals surface area contributed by atoms with Crippen molar-refractivity contribution in [2.24, 2.45) is 0 Å². The zero-order chi connectivity index (χ0) is 41.8. The molecule has 0 bridgehead atoms. The van der Waals surface area contributed by atoms with E-state index in [0.29, 0.717) is 11.8 Å². The number of nitrogens with zero attached hydrogens (tertiary/aromatic N) is 5. The van der Waals surface area contributed by atoms with Crippen molar-refractivity contribution in [1.82, 2.24) is 24.1 Å². The molecule has 0 fully saturated rings. The standard InChI is InChI=1S/C58H41N5/c1-58(2)49-35-53-48(34-45(49)44-29-26-36-16-12-13-23-42(36)54(44)58)47-33-40(39-27-30-51-46(32-39)43-24-14-15-25-50(43)62(51)41-21-10-5-11-22-41)28-31-52(47)63(53)57-60-55(37-17-6-3-7-18-37)59-56(61-57)38-19-8-4-9-20-38/h3-19,21-35,38H,20H2,1-2H3. The number of fused-ring (bicyclic) bond motifs is 11. The van der Waals surface area contributed by atoms with Gasteiger partial charge in [0, 0.05) is 44.1 Å². The molecule has 0 saturated carbocycles. The van der Waals surface area contributed by atoms with Crippen LogP contribution in [0, 0.1) is 0 Å². The highest BCUT2D eigenvalue weighted by Gasteiger charge is 2.38. The number of allylic oxidation sites excluding steroid dienone is 4. The zero-order valence-corrected chi connectivity index (χ0v) is 35.0. The lowest BCUT2D eigenvalue weighted by molar-refractivity contribution is 0.666. The fourth-order valence-corrected chi connectivity index (χ4v) is 10.6. The molecule has 11 aromatic rings. The van der Waals surface area contributed by atoms with Gasteiger partial charge in [0.05, 0.1) is 22.1 Å². The van der Waals surface area contributed by atoms with E-state index in [1.807, 2.05) is 18.2 Å². The molecule has 0 amide bonds. The fraction of sp³-hybridized carbons (Fsp3) is 0.0862. The SMILES string of the molecule is CC1(C)c2cc3c(cc2-c2ccc4ccccc4c21)c1cc(-c2ccc4c(c2)c2ccccc2n4-c2ccccc2)ccc1n3-c1nc(-c2ccccc2)nc(C2C=CC=CC2)n1. The summed E-state index contributed by atoms with van der Waals surface area (Å²) in [6.45, 7) is 4.76. The molecule has 0 N–H and O–H groups in total. The average molecular weight is 808 g/mol. The molecule has 0 aliphatic heterocycles. The Morgan fingerprint density at radius 2 is 1.16 bits per heavy atom. The summed E-state index contributed by atoms with van der Waals surface area (Å²) in [5, 5.41) is 7.38. The number of para-hydroxylation sites is 2. The van der Waals surface area contributed by atoms with Gasteiger partial charge in [0.15, 0.2) is 5.82 Å². The summed E-state index contributed by atoms with van der Waals surface area (Å²) < 4.78 is 4.67. The smallest absolute Gasteiger partial charge is 0.238 e. The molecule has 13 rings (SSSR count). The van der Waals surface area contributed by atoms with E-state index in [9.17, 15) is 0 Å². The Balaban J connectivity index is 1.08. The number of rotatable bonds is 5. The van der Waals surface area contributed by atoms with Gasteiger partial charge in [-0.25, -0.2) is 4.98 Å². The van der Waals surface area contributed by atoms with E-state index in [-0.39, 0.29) is 11.3 Å². The Hall–Kier alpha value is -7.89. The van der Waals surface area contributed by atoms with Gasteiger partial charge < -0.3 is 4.57 Å². The average Bonchev–Trinajstić information content (AvgIpc) is 3.93. The molecule has 5 nitrogen and oxygen atoms in total. The number of hydrogen-bond donors (Lipinski definition) is 0. The fourth-order valence-electron chi connectivity index (χ4n) is 10.6. The second kappa shape index (κ2) is 13.6. The van der Waals surface area contributed by atoms with Crippen LogP contribution >= 0.6 is 0 Å². The van der Waals surface area contributed by atoms with Crippen LogP contribution in [0.2, 0.25) is 0 Å². The summed E-state index contributed by atoms with van der Waals surface area (Å²) in [6.07, 6.45) is 9.45. The first kappa shape index (κ1) is 35.8. The Morgan fingerprint density at radius 1 is 0.492 bits per heavy atom. The van der Waals surface area contributed by atoms with Crippen molar-refractivity contribution >= 4 is 54.4 Å². The van der Waals surface area contributed by atoms with Gasteiger partial charge in [-0.3, -0.25) is 4.57 Å². The van der Waals surface area contributed by atoms with Crippen molar-refractivity contribution in [2.75, 3.05) is 0 Å². The van der Waals surface area contributed by atoms with Crippen molar-refractivity contribution in [3.8, 4) is 45.3 Å². The lowest BCUT2D eigenvalue weighted by Crippen LogP contribution is -2.16. The number of aromatic nitrogens is 5. The van der Waals surface area contributed by atoms with E-state index < -0.39 is 0 Å². The van der Waals surface area contributed by atoms with Gasteiger partial charge in [0.25, 0.3) is 0 Å². The maximum Gasteiger partial charge on any atom is 0.238 e. The van der Waals surface area contributed by atoms with E-state index in [2.05, 4.69) is 199 Å². The van der Waals surface area contributed by atoms with Crippen LogP contribution < -0.4 is 0 Å². The lowest BCUT2D eigenvalue weighted by Gasteiger charge is -2.23. The summed E-state index contributed by atoms with van der Waals surface area (Å²) in [4.78, 5) is 15.8. The lowest BCUT2D eigenvalue weighted by atomic mass is 9.80. The highest BCUT2D eigenvalue weighted by Crippen LogP contribution is 2.53. The molecule has 2 aliphatic carbocycles. The maximum absolute atomic E-state index is 5.36. The summed E-state index contributed by atoms with van der Waals surface area (Å²) in [5.74, 6) is 2.12. The van der Waals surface area contributed by atoms with Crippen LogP contribution in [0.3, 0.4) is 0 Å². The van der Waals surface area contributed by atoms with Crippen LogP contribution in [0.1, 0.15) is 43.1 Å². The highest BCUT2D eigenvalue weighted by atomic mass is 15.2. The molecule has 298 valence electrons. The molecule has 0 spiro atoms. The molecule has 1 unspecified atom stereocenters. The summed E-state index contributed by atoms with van der Waals surface area (Å²) in [5.41, 5.74) is 14.0. The van der Waals surface area contributed by atoms with Crippen molar-refractivity contribution in [3.63, 3.8) is 0 Å². The Morgan fingerprint density at radius 3 is 1.94 bits per heavy atom. The Labute approximate surface area is 365 Å². The first-order chi connectivity index (χ1) is 31.0. The molecule has 1 atom stereocenters. The third-order valence-electron chi connectivity index (χ3n) is 13.6. The van der Waals surface area contributed by atoms with E-state index in [1.54, 1.807) is 0 Å². The molecule has 63 heavy (non-hydrogen) atoms. The first-order valence-electron chi connectivity index (χ1n) is 21.9. The van der Waals surface area contributed by atoms with E-state index >= 15 is 0 Å². The van der Waals surface area contributed by atoms with Crippen LogP contribution in [0.4, 0.5) is 0 Å². The van der Waals surface area contributed by atoms with Gasteiger partial charge in [-0.1, -0.05) is 153 Å². The topological polar surface area (TPSA) is 48.5 Å². The Kier molecular flexibility index (Phi) is 7.71. The van der Waals surface area contributed by atoms with Crippen molar-refractivity contribution in [3.05, 3.63) is 211 Å². The third kappa shape index (κ3) is 5.39. The van der Waals surface area contributed by atoms with Crippen molar-refractivity contribution in [1.29, 1.82) is 0 Å². The third-order valence-corrected chi connectivity index (χ3v) is 13.6. The quantitative estimate of drug-likeness (QED) is 0.174. The van der Waals surface area contributed by atoms with Crippen molar-refractivity contribution < 1.29 is 0 Å². The first-order valence-corrected chi connectivity index (χ1v) is 21.9. The molecule has 0 saturated heterocycles. The monoisotopic (exact) mass is 807 g/mol. The summed E-state index contributed by atoms with van der Waals surface area (Å²) in [7, 11) is 0. The highest BCUT2D eigenvalue weighted by molar-refractivity contribution is 6.14. The molecule has 3 heterocycles. The number of benzene rings is 8. The largest absolute Gasteiger partial charge is 0.309 e. The van der Waals surface area contributed by atoms with Gasteiger partial charge in [-0.2, -0.15) is 9.97 Å². The maximum atomic E-state index is 5.36. The van der Waals surface area contributed by atoms with E-state index in [1.165, 1.54) is 65.8 Å². The van der Waals surface area contributed by atoms with Crippen LogP contribution in [0.5, 0.6) is 0 Å². The van der Waals surface area contributed by atoms with Crippen molar-refractivity contribution in [2.45, 2.75) is 31.6 Å². The predicted octanol–water partition coefficient (Wildman–Crippen LogP) is 14.5. The zero-order valence-electron chi connectivity index (χ0n) is 35.0. The van der Waals surface area contributed by atoms with Gasteiger partial charge in [-0.05, 0) is 105 Å². The Bertz CT molecular complexity index is 3740. The van der Waals surface area contributed by atoms with Crippen LogP contribution in [-0.2, 0) is 5.41 Å². The normalized spacial score (nSPS) is 15.2. The number of hydrogen-bond acceptors (Lipinski definition) is 3. The second-order valence-corrected chi connectivity index (χ2v) is 17.6. The molecule has 3 aromatic heterocycles. The summed E-state index contributed by atoms with van der Waals surface area (Å²) in [6, 6.07) is 61.9. The van der Waals surface area contributed by atoms with Crippen LogP contribution in [0.25, 0.3) is 99.7 Å². The molecule has 8 aromatic carbocycles. The van der Waals surface area contributed by atoms with Gasteiger partial charge in [-0.15, -0.1) is 0 Å². The second-order valence-electron chi connectivity index (χ2n) is 17.6. The minimum atomic E-state index is -0.237. The van der Waals surface area contributed by atoms with Gasteiger partial charge in [0.2, 0.25) is 5.95 Å². The molecule has 5 heteroatoms. The van der Waals surface area contributed by atoms with Gasteiger partial charge in [0.1, 0.15) is 5.82 Å².